The SMILES string of the molecule is Cc1cc(C)cc(NC(=O)Cn2nc(C)c3c(-c4ccco4)ccnc32)c1. The van der Waals surface area contributed by atoms with Crippen molar-refractivity contribution in [2.24, 2.45) is 0 Å². The zero-order valence-corrected chi connectivity index (χ0v) is 15.5. The van der Waals surface area contributed by atoms with E-state index in [1.807, 2.05) is 51.1 Å². The van der Waals surface area contributed by atoms with Crippen LogP contribution in [0.5, 0.6) is 0 Å². The van der Waals surface area contributed by atoms with E-state index < -0.39 is 0 Å². The fourth-order valence-corrected chi connectivity index (χ4v) is 3.41. The Balaban J connectivity index is 1.64. The zero-order chi connectivity index (χ0) is 19.0. The van der Waals surface area contributed by atoms with Crippen LogP contribution in [0.2, 0.25) is 0 Å². The number of nitrogens with zero attached hydrogens (tertiary/aromatic N) is 3. The van der Waals surface area contributed by atoms with Gasteiger partial charge in [-0.1, -0.05) is 6.07 Å². The highest BCUT2D eigenvalue weighted by molar-refractivity contribution is 5.95. The van der Waals surface area contributed by atoms with Crippen molar-refractivity contribution in [2.75, 3.05) is 5.32 Å². The number of aromatic nitrogens is 3. The Morgan fingerprint density at radius 3 is 2.63 bits per heavy atom. The van der Waals surface area contributed by atoms with Crippen molar-refractivity contribution < 1.29 is 9.21 Å². The Hall–Kier alpha value is -3.41. The van der Waals surface area contributed by atoms with Crippen LogP contribution in [0.4, 0.5) is 5.69 Å². The Morgan fingerprint density at radius 2 is 1.93 bits per heavy atom. The van der Waals surface area contributed by atoms with Gasteiger partial charge >= 0.3 is 0 Å². The Bertz CT molecular complexity index is 1110. The molecule has 0 aliphatic carbocycles. The minimum atomic E-state index is -0.144. The summed E-state index contributed by atoms with van der Waals surface area (Å²) in [6.45, 7) is 6.01. The van der Waals surface area contributed by atoms with E-state index in [4.69, 9.17) is 4.42 Å². The van der Waals surface area contributed by atoms with Crippen LogP contribution in [-0.2, 0) is 11.3 Å². The minimum Gasteiger partial charge on any atom is -0.464 e. The van der Waals surface area contributed by atoms with Crippen molar-refractivity contribution in [3.63, 3.8) is 0 Å². The molecule has 0 spiro atoms. The molecule has 0 fully saturated rings. The lowest BCUT2D eigenvalue weighted by molar-refractivity contribution is -0.116. The molecular formula is C21H20N4O2. The molecule has 136 valence electrons. The lowest BCUT2D eigenvalue weighted by atomic mass is 10.1. The summed E-state index contributed by atoms with van der Waals surface area (Å²) in [7, 11) is 0. The molecule has 0 bridgehead atoms. The number of pyridine rings is 1. The van der Waals surface area contributed by atoms with E-state index in [0.717, 1.165) is 39.2 Å². The lowest BCUT2D eigenvalue weighted by Gasteiger charge is -2.08. The van der Waals surface area contributed by atoms with E-state index in [1.165, 1.54) is 0 Å². The van der Waals surface area contributed by atoms with Gasteiger partial charge in [-0.3, -0.25) is 4.79 Å². The minimum absolute atomic E-state index is 0.0892. The number of hydrogen-bond donors (Lipinski definition) is 1. The number of fused-ring (bicyclic) bond motifs is 1. The van der Waals surface area contributed by atoms with Gasteiger partial charge in [0.25, 0.3) is 0 Å². The predicted octanol–water partition coefficient (Wildman–Crippen LogP) is 4.26. The second-order valence-corrected chi connectivity index (χ2v) is 6.70. The van der Waals surface area contributed by atoms with Crippen LogP contribution < -0.4 is 5.32 Å². The second kappa shape index (κ2) is 6.72. The van der Waals surface area contributed by atoms with Crippen LogP contribution in [0.25, 0.3) is 22.4 Å². The Kier molecular flexibility index (Phi) is 4.24. The highest BCUT2D eigenvalue weighted by Crippen LogP contribution is 2.30. The van der Waals surface area contributed by atoms with Crippen molar-refractivity contribution in [3.8, 4) is 11.3 Å². The molecule has 6 heteroatoms. The molecule has 0 radical (unpaired) electrons. The molecule has 0 unspecified atom stereocenters. The first-order valence-corrected chi connectivity index (χ1v) is 8.75. The largest absolute Gasteiger partial charge is 0.464 e. The summed E-state index contributed by atoms with van der Waals surface area (Å²) in [5.41, 5.74) is 5.39. The van der Waals surface area contributed by atoms with Crippen LogP contribution in [0.1, 0.15) is 16.8 Å². The highest BCUT2D eigenvalue weighted by Gasteiger charge is 2.17. The predicted molar refractivity (Wildman–Crippen MR) is 105 cm³/mol. The standard InChI is InChI=1S/C21H20N4O2/c1-13-9-14(2)11-16(10-13)23-19(26)12-25-21-20(15(3)24-25)17(6-7-22-21)18-5-4-8-27-18/h4-11H,12H2,1-3H3,(H,23,26). The first-order valence-electron chi connectivity index (χ1n) is 8.75. The van der Waals surface area contributed by atoms with Gasteiger partial charge in [0.05, 0.1) is 17.3 Å². The number of nitrogens with one attached hydrogen (secondary N) is 1. The Labute approximate surface area is 156 Å². The third kappa shape index (κ3) is 3.33. The Morgan fingerprint density at radius 1 is 1.15 bits per heavy atom. The average Bonchev–Trinajstić information content (AvgIpc) is 3.23. The van der Waals surface area contributed by atoms with E-state index in [2.05, 4.69) is 21.5 Å². The normalized spacial score (nSPS) is 11.1. The van der Waals surface area contributed by atoms with Gasteiger partial charge in [0.15, 0.2) is 5.65 Å². The monoisotopic (exact) mass is 360 g/mol. The van der Waals surface area contributed by atoms with Gasteiger partial charge in [-0.2, -0.15) is 5.10 Å². The molecule has 0 aliphatic rings. The lowest BCUT2D eigenvalue weighted by Crippen LogP contribution is -2.20. The van der Waals surface area contributed by atoms with Crippen LogP contribution in [-0.4, -0.2) is 20.7 Å². The zero-order valence-electron chi connectivity index (χ0n) is 15.5. The molecule has 3 heterocycles. The molecule has 27 heavy (non-hydrogen) atoms. The summed E-state index contributed by atoms with van der Waals surface area (Å²) in [6.07, 6.45) is 3.35. The maximum absolute atomic E-state index is 12.6. The second-order valence-electron chi connectivity index (χ2n) is 6.70. The molecule has 0 aliphatic heterocycles. The van der Waals surface area contributed by atoms with E-state index in [0.29, 0.717) is 5.65 Å². The summed E-state index contributed by atoms with van der Waals surface area (Å²) in [4.78, 5) is 17.0. The molecule has 1 N–H and O–H groups in total. The van der Waals surface area contributed by atoms with Gasteiger partial charge in [0.2, 0.25) is 5.91 Å². The molecule has 0 atom stereocenters. The average molecular weight is 360 g/mol. The van der Waals surface area contributed by atoms with Gasteiger partial charge in [-0.15, -0.1) is 0 Å². The number of anilines is 1. The summed E-state index contributed by atoms with van der Waals surface area (Å²) in [5, 5.41) is 8.37. The third-order valence-corrected chi connectivity index (χ3v) is 4.39. The van der Waals surface area contributed by atoms with Crippen LogP contribution in [0.3, 0.4) is 0 Å². The number of benzene rings is 1. The molecule has 1 amide bonds. The number of carbonyl (C=O) groups is 1. The van der Waals surface area contributed by atoms with Crippen molar-refractivity contribution in [1.82, 2.24) is 14.8 Å². The van der Waals surface area contributed by atoms with E-state index in [-0.39, 0.29) is 12.5 Å². The maximum Gasteiger partial charge on any atom is 0.246 e. The number of amides is 1. The fourth-order valence-electron chi connectivity index (χ4n) is 3.41. The molecule has 4 aromatic rings. The van der Waals surface area contributed by atoms with Gasteiger partial charge < -0.3 is 9.73 Å². The number of aryl methyl sites for hydroxylation is 3. The first kappa shape index (κ1) is 17.0. The molecule has 0 saturated carbocycles. The van der Waals surface area contributed by atoms with Gasteiger partial charge in [0.1, 0.15) is 12.3 Å². The van der Waals surface area contributed by atoms with Crippen LogP contribution in [0, 0.1) is 20.8 Å². The molecular weight excluding hydrogens is 340 g/mol. The van der Waals surface area contributed by atoms with Crippen LogP contribution in [0.15, 0.2) is 53.3 Å². The maximum atomic E-state index is 12.6. The quantitative estimate of drug-likeness (QED) is 0.590. The number of carbonyl (C=O) groups excluding carboxylic acids is 1. The summed E-state index contributed by atoms with van der Waals surface area (Å²) >= 11 is 0. The molecule has 3 aromatic heterocycles. The molecule has 4 rings (SSSR count). The van der Waals surface area contributed by atoms with Gasteiger partial charge in [-0.05, 0) is 62.2 Å². The van der Waals surface area contributed by atoms with Crippen molar-refractivity contribution >= 4 is 22.6 Å². The molecule has 0 saturated heterocycles. The highest BCUT2D eigenvalue weighted by atomic mass is 16.3. The summed E-state index contributed by atoms with van der Waals surface area (Å²) in [6, 6.07) is 11.6. The van der Waals surface area contributed by atoms with Crippen molar-refractivity contribution in [2.45, 2.75) is 27.3 Å². The van der Waals surface area contributed by atoms with E-state index >= 15 is 0 Å². The third-order valence-electron chi connectivity index (χ3n) is 4.39. The van der Waals surface area contributed by atoms with E-state index in [1.54, 1.807) is 17.1 Å². The van der Waals surface area contributed by atoms with Crippen molar-refractivity contribution in [3.05, 3.63) is 65.7 Å². The van der Waals surface area contributed by atoms with Gasteiger partial charge in [0, 0.05) is 17.4 Å². The number of furan rings is 1. The smallest absolute Gasteiger partial charge is 0.246 e. The summed E-state index contributed by atoms with van der Waals surface area (Å²) < 4.78 is 7.16. The summed E-state index contributed by atoms with van der Waals surface area (Å²) in [5.74, 6) is 0.610. The van der Waals surface area contributed by atoms with Crippen LogP contribution >= 0.6 is 0 Å². The number of hydrogen-bond acceptors (Lipinski definition) is 4. The fraction of sp³-hybridized carbons (Fsp3) is 0.190. The van der Waals surface area contributed by atoms with Gasteiger partial charge in [-0.25, -0.2) is 9.67 Å². The topological polar surface area (TPSA) is 73.0 Å². The van der Waals surface area contributed by atoms with Crippen molar-refractivity contribution in [1.29, 1.82) is 0 Å². The van der Waals surface area contributed by atoms with E-state index in [9.17, 15) is 4.79 Å². The number of rotatable bonds is 4. The molecule has 1 aromatic carbocycles. The molecule has 6 nitrogen and oxygen atoms in total. The first-order chi connectivity index (χ1) is 13.0.